The fraction of sp³-hybridized carbons (Fsp3) is 0.233. The smallest absolute Gasteiger partial charge is 0.366 e. The van der Waals surface area contributed by atoms with Crippen molar-refractivity contribution in [2.75, 3.05) is 10.2 Å². The number of carbonyl (C=O) groups is 2. The molecule has 0 heterocycles. The minimum Gasteiger partial charge on any atom is -0.366 e. The average molecular weight is 632 g/mol. The molecule has 3 aromatic carbocycles. The molecule has 0 aliphatic heterocycles. The van der Waals surface area contributed by atoms with Crippen molar-refractivity contribution in [2.24, 2.45) is 26.9 Å². The van der Waals surface area contributed by atoms with Crippen LogP contribution in [0, 0.1) is 0 Å². The highest BCUT2D eigenvalue weighted by atomic mass is 19.4. The van der Waals surface area contributed by atoms with Crippen LogP contribution in [0.4, 0.5) is 42.5 Å². The third kappa shape index (κ3) is 8.68. The number of hydrogen-bond donors (Lipinski definition) is 3. The second-order valence-electron chi connectivity index (χ2n) is 10.0. The van der Waals surface area contributed by atoms with Gasteiger partial charge in [-0.2, -0.15) is 31.3 Å². The zero-order valence-electron chi connectivity index (χ0n) is 23.5. The van der Waals surface area contributed by atoms with E-state index in [1.54, 1.807) is 24.3 Å². The first-order valence-electron chi connectivity index (χ1n) is 13.5. The summed E-state index contributed by atoms with van der Waals surface area (Å²) in [6, 6.07) is 12.5. The molecule has 0 bridgehead atoms. The number of nitrogens with two attached hydrogens (primary N) is 2. The van der Waals surface area contributed by atoms with Gasteiger partial charge >= 0.3 is 18.4 Å². The topological polar surface area (TPSA) is 139 Å². The molecular formula is C30H27F6N7O2. The summed E-state index contributed by atoms with van der Waals surface area (Å²) in [4.78, 5) is 30.5. The molecule has 15 heteroatoms. The van der Waals surface area contributed by atoms with Gasteiger partial charge in [-0.25, -0.2) is 4.79 Å². The maximum absolute atomic E-state index is 13.5. The molecule has 3 amide bonds. The Morgan fingerprint density at radius 2 is 1.49 bits per heavy atom. The lowest BCUT2D eigenvalue weighted by Crippen LogP contribution is -2.34. The van der Waals surface area contributed by atoms with Gasteiger partial charge in [0.1, 0.15) is 0 Å². The van der Waals surface area contributed by atoms with E-state index in [2.05, 4.69) is 26.7 Å². The largest absolute Gasteiger partial charge is 0.416 e. The molecule has 0 saturated heterocycles. The Balaban J connectivity index is 1.66. The number of halogens is 6. The first-order valence-corrected chi connectivity index (χ1v) is 13.5. The molecule has 0 fully saturated rings. The van der Waals surface area contributed by atoms with Crippen LogP contribution in [0.2, 0.25) is 0 Å². The fourth-order valence-corrected chi connectivity index (χ4v) is 4.64. The monoisotopic (exact) mass is 631 g/mol. The van der Waals surface area contributed by atoms with E-state index in [4.69, 9.17) is 11.6 Å². The van der Waals surface area contributed by atoms with Gasteiger partial charge in [-0.05, 0) is 84.8 Å². The number of nitrogens with zero attached hydrogens (tertiary/aromatic N) is 4. The van der Waals surface area contributed by atoms with Gasteiger partial charge in [0.15, 0.2) is 0 Å². The van der Waals surface area contributed by atoms with Gasteiger partial charge in [0.25, 0.3) is 5.91 Å². The summed E-state index contributed by atoms with van der Waals surface area (Å²) in [6.07, 6.45) is -4.10. The first kappa shape index (κ1) is 32.7. The van der Waals surface area contributed by atoms with Gasteiger partial charge in [0, 0.05) is 16.9 Å². The number of carbonyl (C=O) groups excluding carboxylic acids is 2. The number of amides is 3. The molecule has 45 heavy (non-hydrogen) atoms. The Morgan fingerprint density at radius 3 is 2.02 bits per heavy atom. The summed E-state index contributed by atoms with van der Waals surface area (Å²) < 4.78 is 80.5. The van der Waals surface area contributed by atoms with Crippen LogP contribution in [0.5, 0.6) is 0 Å². The summed E-state index contributed by atoms with van der Waals surface area (Å²) in [7, 11) is 0. The van der Waals surface area contributed by atoms with E-state index in [9.17, 15) is 35.9 Å². The van der Waals surface area contributed by atoms with E-state index in [0.29, 0.717) is 23.4 Å². The Bertz CT molecular complexity index is 1600. The second kappa shape index (κ2) is 13.6. The van der Waals surface area contributed by atoms with E-state index in [0.717, 1.165) is 41.7 Å². The van der Waals surface area contributed by atoms with E-state index in [-0.39, 0.29) is 18.2 Å². The van der Waals surface area contributed by atoms with Crippen LogP contribution in [-0.4, -0.2) is 17.9 Å². The van der Waals surface area contributed by atoms with Crippen molar-refractivity contribution in [1.82, 2.24) is 0 Å². The van der Waals surface area contributed by atoms with Crippen LogP contribution < -0.4 is 21.8 Å². The number of alkyl halides is 6. The van der Waals surface area contributed by atoms with Crippen LogP contribution in [0.25, 0.3) is 5.57 Å². The molecule has 0 unspecified atom stereocenters. The maximum atomic E-state index is 13.5. The maximum Gasteiger partial charge on any atom is 0.416 e. The van der Waals surface area contributed by atoms with Crippen molar-refractivity contribution in [3.05, 3.63) is 101 Å². The van der Waals surface area contributed by atoms with Crippen LogP contribution >= 0.6 is 0 Å². The molecule has 236 valence electrons. The molecule has 1 aliphatic rings. The predicted octanol–water partition coefficient (Wildman–Crippen LogP) is 7.70. The van der Waals surface area contributed by atoms with Gasteiger partial charge < -0.3 is 16.9 Å². The van der Waals surface area contributed by atoms with Crippen molar-refractivity contribution >= 4 is 34.8 Å². The Morgan fingerprint density at radius 1 is 0.867 bits per heavy atom. The summed E-state index contributed by atoms with van der Waals surface area (Å²) in [5.74, 6) is 3.66. The van der Waals surface area contributed by atoms with Gasteiger partial charge in [0.2, 0.25) is 5.96 Å². The number of benzene rings is 3. The molecule has 1 aliphatic carbocycles. The number of allylic oxidation sites excluding steroid dienone is 2. The van der Waals surface area contributed by atoms with Crippen LogP contribution in [0.15, 0.2) is 88.1 Å². The van der Waals surface area contributed by atoms with Gasteiger partial charge in [-0.1, -0.05) is 40.7 Å². The molecule has 0 aromatic heterocycles. The molecule has 3 aromatic rings. The number of aliphatic imine (C=N–C) groups is 1. The van der Waals surface area contributed by atoms with Gasteiger partial charge in [0.05, 0.1) is 17.7 Å². The molecule has 9 nitrogen and oxygen atoms in total. The number of hydrogen-bond acceptors (Lipinski definition) is 3. The van der Waals surface area contributed by atoms with Crippen molar-refractivity contribution < 1.29 is 35.9 Å². The minimum atomic E-state index is -5.09. The highest BCUT2D eigenvalue weighted by Gasteiger charge is 2.37. The zero-order valence-corrected chi connectivity index (χ0v) is 23.5. The van der Waals surface area contributed by atoms with E-state index < -0.39 is 47.1 Å². The summed E-state index contributed by atoms with van der Waals surface area (Å²) >= 11 is 0. The number of urea groups is 1. The van der Waals surface area contributed by atoms with E-state index >= 15 is 0 Å². The van der Waals surface area contributed by atoms with Crippen molar-refractivity contribution in [1.29, 1.82) is 0 Å². The standard InChI is InChI=1S/C30H27F6N7O2/c31-29(32,33)22-14-23(30(34,35)36)16-24(15-22)39-28(45)43(25-12-10-20(11-13-25)19-4-2-1-3-5-19)17-18-6-8-21(9-7-18)26(44)40-27(37)41-42-38/h4,6-16H,1-3,5,17H2,(H,39,45)(H4,37,38,40,41,44). The third-order valence-corrected chi connectivity index (χ3v) is 6.84. The lowest BCUT2D eigenvalue weighted by atomic mass is 9.93. The molecule has 5 N–H and O–H groups in total. The fourth-order valence-electron chi connectivity index (χ4n) is 4.64. The molecule has 0 spiro atoms. The third-order valence-electron chi connectivity index (χ3n) is 6.84. The highest BCUT2D eigenvalue weighted by molar-refractivity contribution is 6.03. The molecular weight excluding hydrogens is 604 g/mol. The van der Waals surface area contributed by atoms with Gasteiger partial charge in [-0.3, -0.25) is 9.69 Å². The SMILES string of the molecule is N/N=N\C(N)=NC(=O)c1ccc(CN(C(=O)Nc2cc(C(F)(F)F)cc(C(F)(F)F)c2)c2ccc(C3=CCCCC3)cc2)cc1. The van der Waals surface area contributed by atoms with E-state index in [1.807, 2.05) is 0 Å². The first-order chi connectivity index (χ1) is 21.2. The summed E-state index contributed by atoms with van der Waals surface area (Å²) in [6.45, 7) is -0.166. The van der Waals surface area contributed by atoms with Crippen LogP contribution in [0.1, 0.15) is 58.3 Å². The van der Waals surface area contributed by atoms with Gasteiger partial charge in [-0.15, -0.1) is 0 Å². The molecule has 4 rings (SSSR count). The number of nitrogens with one attached hydrogen (secondary N) is 1. The van der Waals surface area contributed by atoms with Crippen molar-refractivity contribution in [2.45, 2.75) is 44.6 Å². The van der Waals surface area contributed by atoms with Crippen molar-refractivity contribution in [3.8, 4) is 0 Å². The number of anilines is 2. The molecule has 0 radical (unpaired) electrons. The number of guanidine groups is 1. The minimum absolute atomic E-state index is 0.0223. The summed E-state index contributed by atoms with van der Waals surface area (Å²) in [5, 5.41) is 8.35. The van der Waals surface area contributed by atoms with Crippen molar-refractivity contribution in [3.63, 3.8) is 0 Å². The van der Waals surface area contributed by atoms with Crippen LogP contribution in [0.3, 0.4) is 0 Å². The second-order valence-corrected chi connectivity index (χ2v) is 10.0. The molecule has 0 atom stereocenters. The lowest BCUT2D eigenvalue weighted by Gasteiger charge is -2.25. The average Bonchev–Trinajstić information content (AvgIpc) is 2.99. The predicted molar refractivity (Wildman–Crippen MR) is 156 cm³/mol. The van der Waals surface area contributed by atoms with E-state index in [1.165, 1.54) is 24.3 Å². The summed E-state index contributed by atoms with van der Waals surface area (Å²) in [5.41, 5.74) is 4.56. The number of rotatable bonds is 6. The lowest BCUT2D eigenvalue weighted by molar-refractivity contribution is -0.143. The normalized spacial score (nSPS) is 14.3. The Hall–Kier alpha value is -5.21. The molecule has 0 saturated carbocycles. The highest BCUT2D eigenvalue weighted by Crippen LogP contribution is 2.38. The Labute approximate surface area is 253 Å². The quantitative estimate of drug-likeness (QED) is 0.0641. The van der Waals surface area contributed by atoms with Crippen LogP contribution in [-0.2, 0) is 18.9 Å². The zero-order chi connectivity index (χ0) is 32.8. The Kier molecular flexibility index (Phi) is 9.89.